The first-order chi connectivity index (χ1) is 10.4. The molecule has 1 atom stereocenters. The van der Waals surface area contributed by atoms with Crippen molar-refractivity contribution in [2.45, 2.75) is 17.3 Å². The third kappa shape index (κ3) is 3.82. The van der Waals surface area contributed by atoms with Crippen LogP contribution >= 0.6 is 35.0 Å². The van der Waals surface area contributed by atoms with Crippen molar-refractivity contribution >= 4 is 46.9 Å². The summed E-state index contributed by atoms with van der Waals surface area (Å²) in [6.07, 6.45) is 1.67. The lowest BCUT2D eigenvalue weighted by Gasteiger charge is -2.14. The second kappa shape index (κ2) is 7.17. The predicted octanol–water partition coefficient (Wildman–Crippen LogP) is 4.27. The highest BCUT2D eigenvalue weighted by Crippen LogP contribution is 2.37. The first kappa shape index (κ1) is 16.9. The molecule has 0 spiro atoms. The Bertz CT molecular complexity index is 691. The molecule has 116 valence electrons. The van der Waals surface area contributed by atoms with Gasteiger partial charge in [-0.1, -0.05) is 47.6 Å². The summed E-state index contributed by atoms with van der Waals surface area (Å²) in [5.74, 6) is 0.822. The highest BCUT2D eigenvalue weighted by atomic mass is 35.5. The average molecular weight is 357 g/mol. The second-order valence-electron chi connectivity index (χ2n) is 4.32. The molecule has 8 heteroatoms. The standard InChI is InChI=1S/C14H14Cl2N4OS/c1-4-8-5-9(18-13(16)12(8)21-3)7(2)22-14-19-10(15)6-11(17)20-14/h4-7H,1H2,2-3H3,(H2,17,19,20). The number of nitrogen functional groups attached to an aromatic ring is 1. The molecule has 0 bridgehead atoms. The Labute approximate surface area is 142 Å². The van der Waals surface area contributed by atoms with Gasteiger partial charge < -0.3 is 10.5 Å². The largest absolute Gasteiger partial charge is 0.493 e. The van der Waals surface area contributed by atoms with Crippen molar-refractivity contribution in [2.24, 2.45) is 0 Å². The minimum atomic E-state index is -0.0556. The summed E-state index contributed by atoms with van der Waals surface area (Å²) in [5, 5.41) is 1.01. The number of hydrogen-bond acceptors (Lipinski definition) is 6. The number of ether oxygens (including phenoxy) is 1. The first-order valence-electron chi connectivity index (χ1n) is 6.28. The molecule has 0 aliphatic heterocycles. The van der Waals surface area contributed by atoms with Gasteiger partial charge >= 0.3 is 0 Å². The fourth-order valence-corrected chi connectivity index (χ4v) is 3.18. The highest BCUT2D eigenvalue weighted by Gasteiger charge is 2.16. The van der Waals surface area contributed by atoms with Crippen LogP contribution in [0.25, 0.3) is 6.08 Å². The average Bonchev–Trinajstić information content (AvgIpc) is 2.45. The Morgan fingerprint density at radius 1 is 1.32 bits per heavy atom. The SMILES string of the molecule is C=Cc1cc(C(C)Sc2nc(N)cc(Cl)n2)nc(Cl)c1OC. The van der Waals surface area contributed by atoms with Crippen molar-refractivity contribution in [3.8, 4) is 5.75 Å². The van der Waals surface area contributed by atoms with Crippen LogP contribution in [0, 0.1) is 0 Å². The quantitative estimate of drug-likeness (QED) is 0.373. The summed E-state index contributed by atoms with van der Waals surface area (Å²) in [5.41, 5.74) is 7.20. The summed E-state index contributed by atoms with van der Waals surface area (Å²) < 4.78 is 5.22. The molecule has 2 heterocycles. The van der Waals surface area contributed by atoms with Crippen LogP contribution in [0.4, 0.5) is 5.82 Å². The minimum Gasteiger partial charge on any atom is -0.493 e. The molecule has 0 aliphatic carbocycles. The Kier molecular flexibility index (Phi) is 5.50. The summed E-state index contributed by atoms with van der Waals surface area (Å²) in [7, 11) is 1.54. The van der Waals surface area contributed by atoms with Crippen molar-refractivity contribution in [1.29, 1.82) is 0 Å². The molecule has 0 amide bonds. The van der Waals surface area contributed by atoms with E-state index in [9.17, 15) is 0 Å². The van der Waals surface area contributed by atoms with Crippen molar-refractivity contribution in [3.05, 3.63) is 40.3 Å². The van der Waals surface area contributed by atoms with Crippen LogP contribution in [0.1, 0.15) is 23.4 Å². The van der Waals surface area contributed by atoms with E-state index in [2.05, 4.69) is 21.5 Å². The lowest BCUT2D eigenvalue weighted by Crippen LogP contribution is -2.00. The van der Waals surface area contributed by atoms with Gasteiger partial charge in [-0.2, -0.15) is 0 Å². The zero-order valence-corrected chi connectivity index (χ0v) is 14.3. The van der Waals surface area contributed by atoms with Gasteiger partial charge in [0.05, 0.1) is 18.1 Å². The van der Waals surface area contributed by atoms with Gasteiger partial charge in [0.15, 0.2) is 16.1 Å². The smallest absolute Gasteiger partial charge is 0.191 e. The number of anilines is 1. The minimum absolute atomic E-state index is 0.0556. The molecule has 0 aliphatic rings. The zero-order valence-electron chi connectivity index (χ0n) is 12.0. The van der Waals surface area contributed by atoms with Gasteiger partial charge in [-0.3, -0.25) is 0 Å². The zero-order chi connectivity index (χ0) is 16.3. The van der Waals surface area contributed by atoms with E-state index in [1.165, 1.54) is 24.9 Å². The molecule has 1 unspecified atom stereocenters. The number of thioether (sulfide) groups is 1. The topological polar surface area (TPSA) is 73.9 Å². The second-order valence-corrected chi connectivity index (χ2v) is 6.38. The van der Waals surface area contributed by atoms with E-state index in [1.54, 1.807) is 6.08 Å². The number of aromatic nitrogens is 3. The maximum absolute atomic E-state index is 6.15. The molecular weight excluding hydrogens is 343 g/mol. The Morgan fingerprint density at radius 2 is 2.05 bits per heavy atom. The lowest BCUT2D eigenvalue weighted by atomic mass is 10.2. The number of nitrogens with two attached hydrogens (primary N) is 1. The fourth-order valence-electron chi connectivity index (χ4n) is 1.79. The van der Waals surface area contributed by atoms with E-state index in [1.807, 2.05) is 13.0 Å². The van der Waals surface area contributed by atoms with E-state index >= 15 is 0 Å². The van der Waals surface area contributed by atoms with E-state index in [4.69, 9.17) is 33.7 Å². The fraction of sp³-hybridized carbons (Fsp3) is 0.214. The van der Waals surface area contributed by atoms with E-state index < -0.39 is 0 Å². The van der Waals surface area contributed by atoms with E-state index in [0.29, 0.717) is 21.9 Å². The number of pyridine rings is 1. The van der Waals surface area contributed by atoms with Gasteiger partial charge in [-0.15, -0.1) is 0 Å². The molecule has 0 radical (unpaired) electrons. The molecule has 0 fully saturated rings. The molecule has 0 saturated carbocycles. The molecule has 5 nitrogen and oxygen atoms in total. The summed E-state index contributed by atoms with van der Waals surface area (Å²) in [6.45, 7) is 5.72. The third-order valence-corrected chi connectivity index (χ3v) is 4.24. The Balaban J connectivity index is 2.31. The van der Waals surface area contributed by atoms with E-state index in [0.717, 1.165) is 11.3 Å². The molecule has 22 heavy (non-hydrogen) atoms. The van der Waals surface area contributed by atoms with Crippen molar-refractivity contribution in [3.63, 3.8) is 0 Å². The van der Waals surface area contributed by atoms with E-state index in [-0.39, 0.29) is 10.4 Å². The van der Waals surface area contributed by atoms with Gasteiger partial charge in [0.25, 0.3) is 0 Å². The summed E-state index contributed by atoms with van der Waals surface area (Å²) in [4.78, 5) is 12.6. The number of halogens is 2. The lowest BCUT2D eigenvalue weighted by molar-refractivity contribution is 0.412. The Morgan fingerprint density at radius 3 is 2.64 bits per heavy atom. The van der Waals surface area contributed by atoms with Crippen LogP contribution in [0.2, 0.25) is 10.3 Å². The third-order valence-electron chi connectivity index (χ3n) is 2.80. The van der Waals surface area contributed by atoms with Crippen LogP contribution in [0.3, 0.4) is 0 Å². The molecule has 0 aromatic carbocycles. The molecule has 2 aromatic rings. The predicted molar refractivity (Wildman–Crippen MR) is 91.6 cm³/mol. The van der Waals surface area contributed by atoms with Gasteiger partial charge in [0.2, 0.25) is 0 Å². The van der Waals surface area contributed by atoms with Gasteiger partial charge in [0.1, 0.15) is 11.0 Å². The van der Waals surface area contributed by atoms with Crippen LogP contribution in [-0.4, -0.2) is 22.1 Å². The van der Waals surface area contributed by atoms with Crippen LogP contribution in [-0.2, 0) is 0 Å². The van der Waals surface area contributed by atoms with Crippen LogP contribution in [0.5, 0.6) is 5.75 Å². The maximum atomic E-state index is 6.15. The van der Waals surface area contributed by atoms with Crippen LogP contribution < -0.4 is 10.5 Å². The molecule has 2 aromatic heterocycles. The Hall–Kier alpha value is -1.50. The van der Waals surface area contributed by atoms with Crippen molar-refractivity contribution in [2.75, 3.05) is 12.8 Å². The number of methoxy groups -OCH3 is 1. The first-order valence-corrected chi connectivity index (χ1v) is 7.91. The van der Waals surface area contributed by atoms with Gasteiger partial charge in [-0.25, -0.2) is 15.0 Å². The molecule has 0 saturated heterocycles. The summed E-state index contributed by atoms with van der Waals surface area (Å²) in [6, 6.07) is 3.36. The normalized spacial score (nSPS) is 12.0. The van der Waals surface area contributed by atoms with Crippen molar-refractivity contribution < 1.29 is 4.74 Å². The van der Waals surface area contributed by atoms with Gasteiger partial charge in [0, 0.05) is 11.6 Å². The maximum Gasteiger partial charge on any atom is 0.191 e. The monoisotopic (exact) mass is 356 g/mol. The number of rotatable bonds is 5. The molecule has 2 rings (SSSR count). The number of nitrogens with zero attached hydrogens (tertiary/aromatic N) is 3. The van der Waals surface area contributed by atoms with Crippen molar-refractivity contribution in [1.82, 2.24) is 15.0 Å². The summed E-state index contributed by atoms with van der Waals surface area (Å²) >= 11 is 13.4. The molecule has 2 N–H and O–H groups in total. The highest BCUT2D eigenvalue weighted by molar-refractivity contribution is 7.99. The number of hydrogen-bond donors (Lipinski definition) is 1. The van der Waals surface area contributed by atoms with Crippen LogP contribution in [0.15, 0.2) is 23.9 Å². The molecular formula is C14H14Cl2N4OS. The van der Waals surface area contributed by atoms with Gasteiger partial charge in [-0.05, 0) is 13.0 Å².